The molecule has 0 aliphatic rings. The number of rotatable bonds is 5. The molecule has 1 aromatic heterocycles. The third-order valence-corrected chi connectivity index (χ3v) is 2.62. The average molecular weight is 262 g/mol. The molecule has 1 aromatic carbocycles. The minimum absolute atomic E-state index is 0.232. The zero-order valence-electron chi connectivity index (χ0n) is 10.2. The van der Waals surface area contributed by atoms with Crippen LogP contribution in [0.25, 0.3) is 10.9 Å². The lowest BCUT2D eigenvalue weighted by Crippen LogP contribution is -2.16. The lowest BCUT2D eigenvalue weighted by atomic mass is 10.1. The van der Waals surface area contributed by atoms with Crippen molar-refractivity contribution < 1.29 is 14.6 Å². The number of aliphatic carboxylic acids is 1. The van der Waals surface area contributed by atoms with Crippen molar-refractivity contribution >= 4 is 16.9 Å². The summed E-state index contributed by atoms with van der Waals surface area (Å²) < 4.78 is 5.36. The summed E-state index contributed by atoms with van der Waals surface area (Å²) in [6, 6.07) is 6.79. The Bertz CT molecular complexity index is 663. The van der Waals surface area contributed by atoms with Crippen LogP contribution in [0.2, 0.25) is 0 Å². The fourth-order valence-electron chi connectivity index (χ4n) is 1.79. The van der Waals surface area contributed by atoms with Gasteiger partial charge in [-0.25, -0.2) is 0 Å². The Morgan fingerprint density at radius 1 is 1.37 bits per heavy atom. The van der Waals surface area contributed by atoms with E-state index in [9.17, 15) is 9.59 Å². The largest absolute Gasteiger partial charge is 0.492 e. The van der Waals surface area contributed by atoms with E-state index in [2.05, 4.69) is 4.98 Å². The molecule has 2 aromatic rings. The van der Waals surface area contributed by atoms with Crippen LogP contribution in [0.3, 0.4) is 0 Å². The zero-order valence-corrected chi connectivity index (χ0v) is 10.2. The second-order valence-corrected chi connectivity index (χ2v) is 4.08. The molecular weight excluding hydrogens is 248 g/mol. The lowest BCUT2D eigenvalue weighted by molar-refractivity contribution is -0.136. The summed E-state index contributed by atoms with van der Waals surface area (Å²) in [5.41, 5.74) is 5.78. The summed E-state index contributed by atoms with van der Waals surface area (Å²) in [6.07, 6.45) is -0.295. The Balaban J connectivity index is 2.40. The van der Waals surface area contributed by atoms with Gasteiger partial charge in [0.05, 0.1) is 11.9 Å². The van der Waals surface area contributed by atoms with Crippen LogP contribution in [-0.2, 0) is 11.2 Å². The number of fused-ring (bicyclic) bond motifs is 1. The quantitative estimate of drug-likeness (QED) is 0.727. The number of aromatic nitrogens is 1. The molecule has 2 rings (SSSR count). The maximum absolute atomic E-state index is 11.7. The first-order valence-corrected chi connectivity index (χ1v) is 5.81. The van der Waals surface area contributed by atoms with Crippen LogP contribution in [0.1, 0.15) is 5.56 Å². The number of hydrogen-bond donors (Lipinski definition) is 3. The molecule has 0 saturated carbocycles. The molecule has 0 fully saturated rings. The van der Waals surface area contributed by atoms with Gasteiger partial charge < -0.3 is 20.6 Å². The van der Waals surface area contributed by atoms with Gasteiger partial charge in [-0.1, -0.05) is 0 Å². The molecule has 0 atom stereocenters. The monoisotopic (exact) mass is 262 g/mol. The third kappa shape index (κ3) is 3.11. The summed E-state index contributed by atoms with van der Waals surface area (Å²) in [5, 5.41) is 9.48. The Labute approximate surface area is 108 Å². The first-order valence-electron chi connectivity index (χ1n) is 5.81. The zero-order chi connectivity index (χ0) is 13.8. The average Bonchev–Trinajstić information content (AvgIpc) is 2.36. The molecule has 1 heterocycles. The van der Waals surface area contributed by atoms with Gasteiger partial charge in [-0.3, -0.25) is 9.59 Å². The Morgan fingerprint density at radius 2 is 2.16 bits per heavy atom. The molecule has 100 valence electrons. The molecule has 0 aliphatic carbocycles. The van der Waals surface area contributed by atoms with E-state index < -0.39 is 11.5 Å². The number of carboxylic acids is 1. The van der Waals surface area contributed by atoms with E-state index in [1.807, 2.05) is 0 Å². The van der Waals surface area contributed by atoms with E-state index in [1.165, 1.54) is 0 Å². The maximum atomic E-state index is 11.7. The van der Waals surface area contributed by atoms with Crippen molar-refractivity contribution in [2.75, 3.05) is 13.2 Å². The van der Waals surface area contributed by atoms with Crippen LogP contribution >= 0.6 is 0 Å². The summed E-state index contributed by atoms with van der Waals surface area (Å²) in [5.74, 6) is -0.424. The number of aromatic amines is 1. The van der Waals surface area contributed by atoms with Crippen LogP contribution in [0.4, 0.5) is 0 Å². The van der Waals surface area contributed by atoms with Gasteiger partial charge in [0.2, 0.25) is 0 Å². The number of H-pyrrole nitrogens is 1. The van der Waals surface area contributed by atoms with E-state index >= 15 is 0 Å². The van der Waals surface area contributed by atoms with Crippen LogP contribution in [0.15, 0.2) is 29.1 Å². The predicted molar refractivity (Wildman–Crippen MR) is 70.5 cm³/mol. The highest BCUT2D eigenvalue weighted by Gasteiger charge is 2.07. The van der Waals surface area contributed by atoms with Gasteiger partial charge in [0.1, 0.15) is 12.4 Å². The van der Waals surface area contributed by atoms with Crippen LogP contribution in [0, 0.1) is 0 Å². The van der Waals surface area contributed by atoms with Crippen molar-refractivity contribution in [3.63, 3.8) is 0 Å². The van der Waals surface area contributed by atoms with Gasteiger partial charge in [-0.2, -0.15) is 0 Å². The predicted octanol–water partition coefficient (Wildman–Crippen LogP) is 0.493. The van der Waals surface area contributed by atoms with Crippen molar-refractivity contribution in [2.24, 2.45) is 5.73 Å². The number of hydrogen-bond acceptors (Lipinski definition) is 4. The number of nitrogens with two attached hydrogens (primary N) is 1. The summed E-state index contributed by atoms with van der Waals surface area (Å²) in [6.45, 7) is 0.805. The second kappa shape index (κ2) is 5.53. The standard InChI is InChI=1S/C13H14N2O4/c14-3-4-19-10-2-1-8-5-9(6-12(16)17)13(18)15-11(8)7-10/h1-2,5,7H,3-4,6,14H2,(H,15,18)(H,16,17). The van der Waals surface area contributed by atoms with Crippen LogP contribution in [0.5, 0.6) is 5.75 Å². The van der Waals surface area contributed by atoms with Gasteiger partial charge in [0.25, 0.3) is 5.56 Å². The molecule has 4 N–H and O–H groups in total. The number of carbonyl (C=O) groups is 1. The molecule has 6 nitrogen and oxygen atoms in total. The van der Waals surface area contributed by atoms with E-state index in [4.69, 9.17) is 15.6 Å². The molecule has 0 radical (unpaired) electrons. The molecule has 0 unspecified atom stereocenters. The van der Waals surface area contributed by atoms with Gasteiger partial charge in [-0.15, -0.1) is 0 Å². The fourth-order valence-corrected chi connectivity index (χ4v) is 1.79. The van der Waals surface area contributed by atoms with E-state index in [0.29, 0.717) is 24.4 Å². The molecular formula is C13H14N2O4. The van der Waals surface area contributed by atoms with Crippen molar-refractivity contribution in [3.8, 4) is 5.75 Å². The van der Waals surface area contributed by atoms with Crippen molar-refractivity contribution in [3.05, 3.63) is 40.2 Å². The molecule has 0 saturated heterocycles. The lowest BCUT2D eigenvalue weighted by Gasteiger charge is -2.06. The van der Waals surface area contributed by atoms with Gasteiger partial charge >= 0.3 is 5.97 Å². The highest BCUT2D eigenvalue weighted by molar-refractivity contribution is 5.81. The SMILES string of the molecule is NCCOc1ccc2cc(CC(=O)O)c(=O)[nH]c2c1. The molecule has 6 heteroatoms. The Kier molecular flexibility index (Phi) is 3.82. The van der Waals surface area contributed by atoms with E-state index in [1.54, 1.807) is 24.3 Å². The highest BCUT2D eigenvalue weighted by atomic mass is 16.5. The number of pyridine rings is 1. The number of carboxylic acid groups (broad SMARTS) is 1. The molecule has 0 aliphatic heterocycles. The molecule has 0 spiro atoms. The number of ether oxygens (including phenoxy) is 1. The van der Waals surface area contributed by atoms with Crippen molar-refractivity contribution in [2.45, 2.75) is 6.42 Å². The third-order valence-electron chi connectivity index (χ3n) is 2.62. The highest BCUT2D eigenvalue weighted by Crippen LogP contribution is 2.18. The van der Waals surface area contributed by atoms with Crippen LogP contribution < -0.4 is 16.0 Å². The topological polar surface area (TPSA) is 105 Å². The maximum Gasteiger partial charge on any atom is 0.308 e. The molecule has 0 bridgehead atoms. The number of nitrogens with one attached hydrogen (secondary N) is 1. The minimum Gasteiger partial charge on any atom is -0.492 e. The first-order chi connectivity index (χ1) is 9.10. The van der Waals surface area contributed by atoms with E-state index in [-0.39, 0.29) is 12.0 Å². The smallest absolute Gasteiger partial charge is 0.308 e. The second-order valence-electron chi connectivity index (χ2n) is 4.08. The van der Waals surface area contributed by atoms with Gasteiger partial charge in [0.15, 0.2) is 0 Å². The van der Waals surface area contributed by atoms with Crippen LogP contribution in [-0.4, -0.2) is 29.2 Å². The minimum atomic E-state index is -1.03. The van der Waals surface area contributed by atoms with Gasteiger partial charge in [0, 0.05) is 18.2 Å². The fraction of sp³-hybridized carbons (Fsp3) is 0.231. The summed E-state index contributed by atoms with van der Waals surface area (Å²) >= 11 is 0. The van der Waals surface area contributed by atoms with Crippen molar-refractivity contribution in [1.29, 1.82) is 0 Å². The first kappa shape index (κ1) is 13.1. The Hall–Kier alpha value is -2.34. The van der Waals surface area contributed by atoms with Crippen molar-refractivity contribution in [1.82, 2.24) is 4.98 Å². The summed E-state index contributed by atoms with van der Waals surface area (Å²) in [7, 11) is 0. The molecule has 19 heavy (non-hydrogen) atoms. The van der Waals surface area contributed by atoms with Gasteiger partial charge in [-0.05, 0) is 23.6 Å². The Morgan fingerprint density at radius 3 is 2.84 bits per heavy atom. The number of benzene rings is 1. The normalized spacial score (nSPS) is 10.6. The molecule has 0 amide bonds. The summed E-state index contributed by atoms with van der Waals surface area (Å²) in [4.78, 5) is 25.0. The van der Waals surface area contributed by atoms with E-state index in [0.717, 1.165) is 5.39 Å².